The Labute approximate surface area is 118 Å². The average Bonchev–Trinajstić information content (AvgIpc) is 2.93. The van der Waals surface area contributed by atoms with Crippen molar-refractivity contribution in [2.75, 3.05) is 18.5 Å². The van der Waals surface area contributed by atoms with Crippen molar-refractivity contribution in [2.45, 2.75) is 25.3 Å². The van der Waals surface area contributed by atoms with Crippen LogP contribution in [0.2, 0.25) is 0 Å². The van der Waals surface area contributed by atoms with Crippen molar-refractivity contribution >= 4 is 11.6 Å². The number of carbonyl (C=O) groups excluding carboxylic acids is 1. The summed E-state index contributed by atoms with van der Waals surface area (Å²) in [4.78, 5) is 12.2. The number of hydrogen-bond acceptors (Lipinski definition) is 2. The monoisotopic (exact) mass is 274 g/mol. The van der Waals surface area contributed by atoms with Crippen molar-refractivity contribution < 1.29 is 9.18 Å². The maximum absolute atomic E-state index is 12.2. The van der Waals surface area contributed by atoms with E-state index in [1.54, 1.807) is 0 Å². The molecular formula is C16H19FN2O. The number of rotatable bonds is 3. The highest BCUT2D eigenvalue weighted by Gasteiger charge is 2.40. The molecule has 2 N–H and O–H groups in total. The summed E-state index contributed by atoms with van der Waals surface area (Å²) in [5, 5.41) is 5.98. The van der Waals surface area contributed by atoms with Crippen LogP contribution in [0, 0.1) is 12.8 Å². The van der Waals surface area contributed by atoms with Gasteiger partial charge in [-0.2, -0.15) is 0 Å². The first-order valence-electron chi connectivity index (χ1n) is 7.08. The fraction of sp³-hybridized carbons (Fsp3) is 0.438. The zero-order chi connectivity index (χ0) is 14.1. The summed E-state index contributed by atoms with van der Waals surface area (Å²) in [6.45, 7) is 1.64. The first-order valence-corrected chi connectivity index (χ1v) is 7.08. The Kier molecular flexibility index (Phi) is 3.47. The molecule has 0 bridgehead atoms. The quantitative estimate of drug-likeness (QED) is 0.832. The lowest BCUT2D eigenvalue weighted by Gasteiger charge is -2.36. The third kappa shape index (κ3) is 2.19. The van der Waals surface area contributed by atoms with Crippen molar-refractivity contribution in [3.8, 4) is 0 Å². The fourth-order valence-electron chi connectivity index (χ4n) is 3.25. The zero-order valence-corrected chi connectivity index (χ0v) is 11.5. The maximum Gasteiger partial charge on any atom is 0.242 e. The van der Waals surface area contributed by atoms with E-state index in [-0.39, 0.29) is 30.3 Å². The van der Waals surface area contributed by atoms with Gasteiger partial charge in [0.1, 0.15) is 12.7 Å². The fourth-order valence-corrected chi connectivity index (χ4v) is 3.25. The molecule has 4 heteroatoms. The molecule has 20 heavy (non-hydrogen) atoms. The van der Waals surface area contributed by atoms with E-state index in [1.807, 2.05) is 12.1 Å². The van der Waals surface area contributed by atoms with Gasteiger partial charge in [-0.15, -0.1) is 0 Å². The normalized spacial score (nSPS) is 26.6. The second-order valence-electron chi connectivity index (χ2n) is 5.55. The first-order chi connectivity index (χ1) is 9.70. The van der Waals surface area contributed by atoms with Gasteiger partial charge >= 0.3 is 0 Å². The molecule has 1 aromatic rings. The van der Waals surface area contributed by atoms with Crippen molar-refractivity contribution in [1.82, 2.24) is 5.32 Å². The molecule has 3 nitrogen and oxygen atoms in total. The molecular weight excluding hydrogens is 255 g/mol. The molecule has 1 aliphatic carbocycles. The summed E-state index contributed by atoms with van der Waals surface area (Å²) in [6, 6.07) is 5.98. The molecule has 1 amide bonds. The number of benzene rings is 1. The van der Waals surface area contributed by atoms with Crippen molar-refractivity contribution in [2.24, 2.45) is 5.92 Å². The van der Waals surface area contributed by atoms with E-state index in [0.29, 0.717) is 0 Å². The number of nitrogens with one attached hydrogen (secondary N) is 2. The minimum atomic E-state index is -0.527. The summed E-state index contributed by atoms with van der Waals surface area (Å²) >= 11 is 0. The number of hydrogen-bond donors (Lipinski definition) is 2. The molecule has 0 saturated carbocycles. The molecule has 3 rings (SSSR count). The second-order valence-corrected chi connectivity index (χ2v) is 5.55. The van der Waals surface area contributed by atoms with Crippen LogP contribution in [0.25, 0.3) is 0 Å². The molecule has 2 aliphatic rings. The average molecular weight is 274 g/mol. The third-order valence-corrected chi connectivity index (χ3v) is 4.19. The number of alkyl halides is 1. The van der Waals surface area contributed by atoms with Gasteiger partial charge in [-0.05, 0) is 25.0 Å². The van der Waals surface area contributed by atoms with Crippen molar-refractivity contribution in [3.63, 3.8) is 0 Å². The van der Waals surface area contributed by atoms with Crippen LogP contribution in [-0.4, -0.2) is 25.2 Å². The molecule has 1 aromatic carbocycles. The smallest absolute Gasteiger partial charge is 0.242 e. The topological polar surface area (TPSA) is 41.1 Å². The van der Waals surface area contributed by atoms with Gasteiger partial charge in [0, 0.05) is 24.1 Å². The van der Waals surface area contributed by atoms with Crippen LogP contribution in [0.1, 0.15) is 23.5 Å². The van der Waals surface area contributed by atoms with E-state index < -0.39 is 6.67 Å². The van der Waals surface area contributed by atoms with Crippen LogP contribution >= 0.6 is 0 Å². The number of carbonyl (C=O) groups is 1. The number of anilines is 1. The summed E-state index contributed by atoms with van der Waals surface area (Å²) < 4.78 is 12.2. The lowest BCUT2D eigenvalue weighted by atomic mass is 9.78. The Balaban J connectivity index is 1.90. The van der Waals surface area contributed by atoms with Gasteiger partial charge in [0.15, 0.2) is 0 Å². The summed E-state index contributed by atoms with van der Waals surface area (Å²) in [7, 11) is 0. The van der Waals surface area contributed by atoms with E-state index in [0.717, 1.165) is 12.1 Å². The van der Waals surface area contributed by atoms with Gasteiger partial charge in [0.2, 0.25) is 5.91 Å². The predicted octanol–water partition coefficient (Wildman–Crippen LogP) is 2.53. The maximum atomic E-state index is 12.2. The number of amides is 1. The Hall–Kier alpha value is -1.84. The number of allylic oxidation sites excluding steroid dienone is 2. The van der Waals surface area contributed by atoms with Crippen molar-refractivity contribution in [1.29, 1.82) is 0 Å². The van der Waals surface area contributed by atoms with E-state index in [2.05, 4.69) is 35.8 Å². The highest BCUT2D eigenvalue weighted by Crippen LogP contribution is 2.44. The second kappa shape index (κ2) is 5.27. The molecule has 1 heterocycles. The highest BCUT2D eigenvalue weighted by atomic mass is 19.1. The highest BCUT2D eigenvalue weighted by molar-refractivity contribution is 5.86. The molecule has 106 valence electrons. The zero-order valence-electron chi connectivity index (χ0n) is 11.5. The van der Waals surface area contributed by atoms with Crippen LogP contribution in [-0.2, 0) is 4.79 Å². The first kappa shape index (κ1) is 13.2. The minimum Gasteiger partial charge on any atom is -0.373 e. The molecule has 0 radical (unpaired) electrons. The Bertz CT molecular complexity index is 555. The lowest BCUT2D eigenvalue weighted by Crippen LogP contribution is -2.48. The minimum absolute atomic E-state index is 0.0859. The Morgan fingerprint density at radius 3 is 3.15 bits per heavy atom. The predicted molar refractivity (Wildman–Crippen MR) is 77.6 cm³/mol. The van der Waals surface area contributed by atoms with Gasteiger partial charge < -0.3 is 10.6 Å². The molecule has 1 aliphatic heterocycles. The van der Waals surface area contributed by atoms with Gasteiger partial charge in [0.25, 0.3) is 0 Å². The van der Waals surface area contributed by atoms with Crippen LogP contribution in [0.4, 0.5) is 10.1 Å². The van der Waals surface area contributed by atoms with E-state index in [9.17, 15) is 9.18 Å². The van der Waals surface area contributed by atoms with E-state index >= 15 is 0 Å². The number of aryl methyl sites for hydroxylation is 1. The molecule has 0 saturated heterocycles. The van der Waals surface area contributed by atoms with Crippen LogP contribution in [0.5, 0.6) is 0 Å². The van der Waals surface area contributed by atoms with Crippen LogP contribution in [0.15, 0.2) is 30.4 Å². The van der Waals surface area contributed by atoms with Gasteiger partial charge in [-0.3, -0.25) is 4.79 Å². The van der Waals surface area contributed by atoms with Crippen LogP contribution < -0.4 is 10.6 Å². The van der Waals surface area contributed by atoms with E-state index in [1.165, 1.54) is 11.1 Å². The summed E-state index contributed by atoms with van der Waals surface area (Å²) in [6.07, 6.45) is 5.22. The summed E-state index contributed by atoms with van der Waals surface area (Å²) in [5.41, 5.74) is 3.51. The number of fused-ring (bicyclic) bond motifs is 3. The van der Waals surface area contributed by atoms with Gasteiger partial charge in [0.05, 0.1) is 0 Å². The largest absolute Gasteiger partial charge is 0.373 e. The van der Waals surface area contributed by atoms with Gasteiger partial charge in [-0.25, -0.2) is 4.39 Å². The Morgan fingerprint density at radius 1 is 1.50 bits per heavy atom. The molecule has 0 aromatic heterocycles. The van der Waals surface area contributed by atoms with Crippen LogP contribution in [0.3, 0.4) is 0 Å². The lowest BCUT2D eigenvalue weighted by molar-refractivity contribution is -0.123. The molecule has 3 atom stereocenters. The summed E-state index contributed by atoms with van der Waals surface area (Å²) in [5.74, 6) is 0.406. The molecule has 3 unspecified atom stereocenters. The molecule has 0 fully saturated rings. The number of halogens is 1. The Morgan fingerprint density at radius 2 is 2.35 bits per heavy atom. The SMILES string of the molecule is Cc1ccc2c(c1)C1C=CCC1C(C(=O)NCCF)N2. The van der Waals surface area contributed by atoms with Crippen molar-refractivity contribution in [3.05, 3.63) is 41.5 Å². The standard InChI is InChI=1S/C16H19FN2O/c1-10-5-6-14-13(9-10)11-3-2-4-12(11)15(19-14)16(20)18-8-7-17/h2-3,5-6,9,11-12,15,19H,4,7-8H2,1H3,(H,18,20). The van der Waals surface area contributed by atoms with E-state index in [4.69, 9.17) is 0 Å². The third-order valence-electron chi connectivity index (χ3n) is 4.19. The molecule has 0 spiro atoms. The van der Waals surface area contributed by atoms with Gasteiger partial charge in [-0.1, -0.05) is 29.8 Å².